The summed E-state index contributed by atoms with van der Waals surface area (Å²) < 4.78 is 1.85. The first-order chi connectivity index (χ1) is 15.6. The van der Waals surface area contributed by atoms with E-state index >= 15 is 0 Å². The van der Waals surface area contributed by atoms with Crippen molar-refractivity contribution in [2.45, 2.75) is 51.7 Å². The molecule has 1 aliphatic rings. The molecule has 168 valence electrons. The summed E-state index contributed by atoms with van der Waals surface area (Å²) in [7, 11) is 0. The summed E-state index contributed by atoms with van der Waals surface area (Å²) in [5, 5.41) is 13.7. The van der Waals surface area contributed by atoms with E-state index in [-0.39, 0.29) is 12.6 Å². The lowest BCUT2D eigenvalue weighted by Gasteiger charge is -2.15. The second-order valence-corrected chi connectivity index (χ2v) is 7.86. The second kappa shape index (κ2) is 10.5. The summed E-state index contributed by atoms with van der Waals surface area (Å²) in [6.45, 7) is 2.70. The summed E-state index contributed by atoms with van der Waals surface area (Å²) in [6, 6.07) is 16.6. The first-order valence-electron chi connectivity index (χ1n) is 11.0. The minimum absolute atomic E-state index is 0.0423. The van der Waals surface area contributed by atoms with Crippen LogP contribution in [0, 0.1) is 0 Å². The van der Waals surface area contributed by atoms with Gasteiger partial charge >= 0.3 is 5.97 Å². The normalized spacial score (nSPS) is 14.2. The van der Waals surface area contributed by atoms with Crippen LogP contribution in [-0.4, -0.2) is 25.8 Å². The van der Waals surface area contributed by atoms with Crippen molar-refractivity contribution < 1.29 is 9.90 Å². The number of carboxylic acids is 1. The van der Waals surface area contributed by atoms with Crippen LogP contribution in [0.4, 0.5) is 0 Å². The van der Waals surface area contributed by atoms with Gasteiger partial charge in [0.1, 0.15) is 12.0 Å². The first kappa shape index (κ1) is 22.1. The number of aromatic nitrogens is 3. The number of unbranched alkanes of at least 4 members (excludes halogenated alkanes) is 1. The van der Waals surface area contributed by atoms with E-state index in [1.54, 1.807) is 0 Å². The van der Waals surface area contributed by atoms with Crippen LogP contribution in [0.25, 0.3) is 11.1 Å². The van der Waals surface area contributed by atoms with Crippen molar-refractivity contribution in [3.05, 3.63) is 71.3 Å². The molecule has 0 unspecified atom stereocenters. The van der Waals surface area contributed by atoms with Gasteiger partial charge in [0.05, 0.1) is 13.0 Å². The summed E-state index contributed by atoms with van der Waals surface area (Å²) in [5.74, 6) is 0.692. The van der Waals surface area contributed by atoms with Gasteiger partial charge in [0, 0.05) is 12.8 Å². The van der Waals surface area contributed by atoms with Crippen LogP contribution < -0.4 is 21.9 Å². The molecule has 0 radical (unpaired) electrons. The Bertz CT molecular complexity index is 1040. The SMILES string of the molecule is CCCCc1nc(CCC(=O)O)n(Cc2ccc(-c3ccccc3C3NNNN3)cc2)n1. The zero-order valence-corrected chi connectivity index (χ0v) is 18.1. The average Bonchev–Trinajstić information content (AvgIpc) is 3.47. The predicted octanol–water partition coefficient (Wildman–Crippen LogP) is 2.47. The molecule has 5 N–H and O–H groups in total. The molecule has 1 aliphatic heterocycles. The van der Waals surface area contributed by atoms with Crippen LogP contribution in [0.3, 0.4) is 0 Å². The lowest BCUT2D eigenvalue weighted by atomic mass is 9.97. The highest BCUT2D eigenvalue weighted by Crippen LogP contribution is 2.28. The summed E-state index contributed by atoms with van der Waals surface area (Å²) in [6.07, 6.45) is 3.29. The van der Waals surface area contributed by atoms with E-state index in [1.807, 2.05) is 16.8 Å². The standard InChI is InChI=1S/C23H29N7O2/c1-2-3-8-20-24-21(13-14-22(31)32)30(27-20)15-16-9-11-17(12-10-16)18-6-4-5-7-19(18)23-25-28-29-26-23/h4-7,9-12,23,25-26,28-29H,2-3,8,13-15H2,1H3,(H,31,32). The Morgan fingerprint density at radius 1 is 1.06 bits per heavy atom. The molecule has 0 bridgehead atoms. The Morgan fingerprint density at radius 3 is 2.53 bits per heavy atom. The highest BCUT2D eigenvalue weighted by molar-refractivity contribution is 5.68. The number of nitrogens with one attached hydrogen (secondary N) is 4. The average molecular weight is 436 g/mol. The fraction of sp³-hybridized carbons (Fsp3) is 0.348. The number of aryl methyl sites for hydroxylation is 2. The van der Waals surface area contributed by atoms with Gasteiger partial charge in [-0.3, -0.25) is 4.79 Å². The monoisotopic (exact) mass is 435 g/mol. The molecule has 1 saturated heterocycles. The van der Waals surface area contributed by atoms with Crippen LogP contribution in [0.15, 0.2) is 48.5 Å². The van der Waals surface area contributed by atoms with E-state index in [0.29, 0.717) is 13.0 Å². The van der Waals surface area contributed by atoms with Gasteiger partial charge in [0.25, 0.3) is 0 Å². The van der Waals surface area contributed by atoms with Gasteiger partial charge in [-0.25, -0.2) is 20.5 Å². The molecule has 9 heteroatoms. The third-order valence-corrected chi connectivity index (χ3v) is 5.47. The minimum atomic E-state index is -0.825. The quantitative estimate of drug-likeness (QED) is 0.330. The van der Waals surface area contributed by atoms with E-state index in [9.17, 15) is 4.79 Å². The number of carboxylic acid groups (broad SMARTS) is 1. The molecule has 1 aromatic heterocycles. The largest absolute Gasteiger partial charge is 0.481 e. The Hall–Kier alpha value is -3.11. The molecule has 0 aliphatic carbocycles. The molecule has 32 heavy (non-hydrogen) atoms. The van der Waals surface area contributed by atoms with E-state index in [1.165, 1.54) is 0 Å². The molecule has 2 aromatic carbocycles. The molecule has 4 rings (SSSR count). The third kappa shape index (κ3) is 5.38. The summed E-state index contributed by atoms with van der Waals surface area (Å²) in [4.78, 5) is 15.6. The number of rotatable bonds is 10. The van der Waals surface area contributed by atoms with Gasteiger partial charge in [-0.1, -0.05) is 61.9 Å². The van der Waals surface area contributed by atoms with Gasteiger partial charge in [0.15, 0.2) is 5.82 Å². The highest BCUT2D eigenvalue weighted by Gasteiger charge is 2.18. The summed E-state index contributed by atoms with van der Waals surface area (Å²) in [5.41, 5.74) is 16.5. The van der Waals surface area contributed by atoms with E-state index in [4.69, 9.17) is 5.11 Å². The molecule has 3 aromatic rings. The van der Waals surface area contributed by atoms with Gasteiger partial charge < -0.3 is 5.11 Å². The Morgan fingerprint density at radius 2 is 1.81 bits per heavy atom. The molecular formula is C23H29N7O2. The van der Waals surface area contributed by atoms with Crippen LogP contribution in [0.2, 0.25) is 0 Å². The zero-order chi connectivity index (χ0) is 22.3. The smallest absolute Gasteiger partial charge is 0.303 e. The molecule has 0 spiro atoms. The maximum Gasteiger partial charge on any atom is 0.303 e. The van der Waals surface area contributed by atoms with Crippen molar-refractivity contribution in [2.24, 2.45) is 0 Å². The number of aliphatic carboxylic acids is 1. The Kier molecular flexibility index (Phi) is 7.23. The van der Waals surface area contributed by atoms with Crippen molar-refractivity contribution >= 4 is 5.97 Å². The van der Waals surface area contributed by atoms with Crippen LogP contribution >= 0.6 is 0 Å². The van der Waals surface area contributed by atoms with E-state index in [2.05, 4.69) is 75.3 Å². The maximum atomic E-state index is 11.0. The van der Waals surface area contributed by atoms with Crippen LogP contribution in [-0.2, 0) is 24.2 Å². The predicted molar refractivity (Wildman–Crippen MR) is 121 cm³/mol. The lowest BCUT2D eigenvalue weighted by Crippen LogP contribution is -2.33. The fourth-order valence-corrected chi connectivity index (χ4v) is 3.78. The van der Waals surface area contributed by atoms with Crippen LogP contribution in [0.5, 0.6) is 0 Å². The fourth-order valence-electron chi connectivity index (χ4n) is 3.78. The number of hydrazine groups is 3. The number of benzene rings is 2. The minimum Gasteiger partial charge on any atom is -0.481 e. The lowest BCUT2D eigenvalue weighted by molar-refractivity contribution is -0.137. The van der Waals surface area contributed by atoms with Crippen molar-refractivity contribution in [1.29, 1.82) is 0 Å². The van der Waals surface area contributed by atoms with Crippen molar-refractivity contribution in [2.75, 3.05) is 0 Å². The second-order valence-electron chi connectivity index (χ2n) is 7.86. The van der Waals surface area contributed by atoms with Crippen molar-refractivity contribution in [3.63, 3.8) is 0 Å². The molecular weight excluding hydrogens is 406 g/mol. The number of hydrogen-bond acceptors (Lipinski definition) is 7. The molecule has 9 nitrogen and oxygen atoms in total. The van der Waals surface area contributed by atoms with Gasteiger partial charge in [-0.2, -0.15) is 16.2 Å². The van der Waals surface area contributed by atoms with Crippen LogP contribution in [0.1, 0.15) is 55.1 Å². The zero-order valence-electron chi connectivity index (χ0n) is 18.1. The molecule has 0 amide bonds. The summed E-state index contributed by atoms with van der Waals surface area (Å²) >= 11 is 0. The molecule has 2 heterocycles. The number of nitrogens with zero attached hydrogens (tertiary/aromatic N) is 3. The first-order valence-corrected chi connectivity index (χ1v) is 11.0. The molecule has 1 fully saturated rings. The Labute approximate surface area is 187 Å². The van der Waals surface area contributed by atoms with Gasteiger partial charge in [-0.15, -0.1) is 0 Å². The van der Waals surface area contributed by atoms with Crippen molar-refractivity contribution in [3.8, 4) is 11.1 Å². The topological polar surface area (TPSA) is 116 Å². The maximum absolute atomic E-state index is 11.0. The third-order valence-electron chi connectivity index (χ3n) is 5.47. The number of carbonyl (C=O) groups is 1. The van der Waals surface area contributed by atoms with Gasteiger partial charge in [-0.05, 0) is 28.7 Å². The molecule has 0 atom stereocenters. The van der Waals surface area contributed by atoms with E-state index in [0.717, 1.165) is 53.2 Å². The molecule has 0 saturated carbocycles. The van der Waals surface area contributed by atoms with Crippen molar-refractivity contribution in [1.82, 2.24) is 36.7 Å². The van der Waals surface area contributed by atoms with E-state index < -0.39 is 5.97 Å². The van der Waals surface area contributed by atoms with Gasteiger partial charge in [0.2, 0.25) is 0 Å². The highest BCUT2D eigenvalue weighted by atomic mass is 16.4. The number of hydrogen-bond donors (Lipinski definition) is 5. The Balaban J connectivity index is 1.53.